The summed E-state index contributed by atoms with van der Waals surface area (Å²) < 4.78 is 4.64. The van der Waals surface area contributed by atoms with E-state index in [0.29, 0.717) is 0 Å². The van der Waals surface area contributed by atoms with E-state index in [1.807, 2.05) is 7.05 Å². The number of aromatic nitrogens is 3. The van der Waals surface area contributed by atoms with Gasteiger partial charge in [0.05, 0.1) is 11.2 Å². The van der Waals surface area contributed by atoms with Gasteiger partial charge in [-0.25, -0.2) is 0 Å². The van der Waals surface area contributed by atoms with Crippen molar-refractivity contribution in [2.75, 3.05) is 7.05 Å². The van der Waals surface area contributed by atoms with Crippen molar-refractivity contribution in [2.45, 2.75) is 78.3 Å². The minimum atomic E-state index is 0.165. The van der Waals surface area contributed by atoms with Crippen LogP contribution in [0.5, 0.6) is 0 Å². The average Bonchev–Trinajstić information content (AvgIpc) is 3.51. The molecule has 0 radical (unpaired) electrons. The maximum Gasteiger partial charge on any atom is 0.0872 e. The lowest BCUT2D eigenvalue weighted by Gasteiger charge is -2.15. The van der Waals surface area contributed by atoms with Crippen LogP contribution in [0.3, 0.4) is 0 Å². The number of nitrogens with zero attached hydrogens (tertiary/aromatic N) is 3. The first-order chi connectivity index (χ1) is 20.0. The van der Waals surface area contributed by atoms with Crippen molar-refractivity contribution in [3.8, 4) is 11.1 Å². The normalized spacial score (nSPS) is 12.4. The number of fused-ring (bicyclic) bond motifs is 2. The smallest absolute Gasteiger partial charge is 0.0872 e. The summed E-state index contributed by atoms with van der Waals surface area (Å²) >= 11 is 0. The highest BCUT2D eigenvalue weighted by molar-refractivity contribution is 6.00. The van der Waals surface area contributed by atoms with Gasteiger partial charge in [0.25, 0.3) is 0 Å². The highest BCUT2D eigenvalue weighted by atomic mass is 15.3. The number of benzene rings is 3. The summed E-state index contributed by atoms with van der Waals surface area (Å²) in [7, 11) is 4.10. The second kappa shape index (κ2) is 12.9. The van der Waals surface area contributed by atoms with E-state index >= 15 is 0 Å². The van der Waals surface area contributed by atoms with Crippen molar-refractivity contribution in [3.05, 3.63) is 95.5 Å². The largest absolute Gasteiger partial charge is 0.340 e. The second-order valence-corrected chi connectivity index (χ2v) is 11.3. The molecule has 1 unspecified atom stereocenters. The van der Waals surface area contributed by atoms with Gasteiger partial charge in [-0.15, -0.1) is 0 Å². The van der Waals surface area contributed by atoms with E-state index in [0.717, 1.165) is 50.8 Å². The fraction of sp³-hybridized carbons (Fsp3) is 0.378. The summed E-state index contributed by atoms with van der Waals surface area (Å²) in [5.74, 6) is 0. The summed E-state index contributed by atoms with van der Waals surface area (Å²) in [6.45, 7) is 12.0. The second-order valence-electron chi connectivity index (χ2n) is 11.3. The van der Waals surface area contributed by atoms with Crippen molar-refractivity contribution in [2.24, 2.45) is 7.05 Å². The summed E-state index contributed by atoms with van der Waals surface area (Å²) in [5.41, 5.74) is 10.5. The fourth-order valence-corrected chi connectivity index (χ4v) is 6.59. The van der Waals surface area contributed by atoms with Crippen LogP contribution in [-0.2, 0) is 32.9 Å². The van der Waals surface area contributed by atoms with Crippen LogP contribution in [0.25, 0.3) is 38.9 Å². The maximum atomic E-state index is 5.01. The number of para-hydroxylation sites is 1. The van der Waals surface area contributed by atoms with Gasteiger partial charge >= 0.3 is 0 Å². The molecule has 0 saturated heterocycles. The number of aryl methyl sites for hydroxylation is 4. The van der Waals surface area contributed by atoms with Gasteiger partial charge in [-0.1, -0.05) is 87.5 Å². The Bertz CT molecular complexity index is 1650. The molecule has 5 rings (SSSR count). The minimum Gasteiger partial charge on any atom is -0.340 e. The first-order valence-electron chi connectivity index (χ1n) is 15.5. The van der Waals surface area contributed by atoms with Crippen LogP contribution in [0.2, 0.25) is 0 Å². The number of hydrogen-bond donors (Lipinski definition) is 1. The molecule has 214 valence electrons. The molecule has 5 aromatic rings. The monoisotopic (exact) mass is 546 g/mol. The Kier molecular flexibility index (Phi) is 9.09. The van der Waals surface area contributed by atoms with E-state index in [1.165, 1.54) is 61.7 Å². The highest BCUT2D eigenvalue weighted by Gasteiger charge is 2.25. The van der Waals surface area contributed by atoms with Gasteiger partial charge in [0, 0.05) is 47.5 Å². The van der Waals surface area contributed by atoms with Crippen molar-refractivity contribution in [3.63, 3.8) is 0 Å². The summed E-state index contributed by atoms with van der Waals surface area (Å²) in [6, 6.07) is 22.5. The Morgan fingerprint density at radius 1 is 0.927 bits per heavy atom. The van der Waals surface area contributed by atoms with E-state index in [1.54, 1.807) is 0 Å². The van der Waals surface area contributed by atoms with Crippen LogP contribution in [0.15, 0.2) is 67.2 Å². The number of hydrogen-bond acceptors (Lipinski definition) is 2. The quantitative estimate of drug-likeness (QED) is 0.150. The molecule has 0 aliphatic heterocycles. The van der Waals surface area contributed by atoms with Crippen molar-refractivity contribution in [1.29, 1.82) is 0 Å². The zero-order chi connectivity index (χ0) is 28.9. The van der Waals surface area contributed by atoms with E-state index < -0.39 is 0 Å². The number of unbranched alkanes of at least 4 members (excludes halogenated alkanes) is 2. The lowest BCUT2D eigenvalue weighted by atomic mass is 9.95. The van der Waals surface area contributed by atoms with Crippen LogP contribution in [0, 0.1) is 0 Å². The van der Waals surface area contributed by atoms with Gasteiger partial charge in [0.15, 0.2) is 0 Å². The van der Waals surface area contributed by atoms with Crippen molar-refractivity contribution >= 4 is 27.8 Å². The Morgan fingerprint density at radius 2 is 1.66 bits per heavy atom. The Labute approximate surface area is 246 Å². The number of rotatable bonds is 13. The van der Waals surface area contributed by atoms with Gasteiger partial charge in [-0.05, 0) is 80.5 Å². The Hall–Kier alpha value is -3.63. The van der Waals surface area contributed by atoms with Gasteiger partial charge < -0.3 is 9.88 Å². The molecule has 2 heterocycles. The molecule has 0 saturated carbocycles. The molecule has 0 amide bonds. The molecule has 1 atom stereocenters. The topological polar surface area (TPSA) is 34.8 Å². The molecule has 0 aliphatic rings. The Morgan fingerprint density at radius 3 is 2.41 bits per heavy atom. The molecule has 41 heavy (non-hydrogen) atoms. The molecule has 4 heteroatoms. The van der Waals surface area contributed by atoms with Gasteiger partial charge in [-0.2, -0.15) is 5.10 Å². The lowest BCUT2D eigenvalue weighted by molar-refractivity contribution is 0.608. The molecule has 3 aromatic carbocycles. The summed E-state index contributed by atoms with van der Waals surface area (Å²) in [4.78, 5) is 0. The zero-order valence-corrected chi connectivity index (χ0v) is 25.6. The van der Waals surface area contributed by atoms with Crippen molar-refractivity contribution < 1.29 is 0 Å². The van der Waals surface area contributed by atoms with Gasteiger partial charge in [-0.3, -0.25) is 4.68 Å². The van der Waals surface area contributed by atoms with E-state index in [-0.39, 0.29) is 6.04 Å². The van der Waals surface area contributed by atoms with Gasteiger partial charge in [0.2, 0.25) is 0 Å². The molecule has 0 spiro atoms. The third kappa shape index (κ3) is 5.50. The third-order valence-electron chi connectivity index (χ3n) is 8.80. The molecule has 2 aromatic heterocycles. The van der Waals surface area contributed by atoms with Crippen LogP contribution in [0.4, 0.5) is 0 Å². The fourth-order valence-electron chi connectivity index (χ4n) is 6.59. The molecule has 0 bridgehead atoms. The summed E-state index contributed by atoms with van der Waals surface area (Å²) in [6.07, 6.45) is 9.82. The average molecular weight is 547 g/mol. The third-order valence-corrected chi connectivity index (χ3v) is 8.80. The van der Waals surface area contributed by atoms with E-state index in [4.69, 9.17) is 5.10 Å². The van der Waals surface area contributed by atoms with E-state index in [9.17, 15) is 0 Å². The van der Waals surface area contributed by atoms with Crippen molar-refractivity contribution in [1.82, 2.24) is 19.7 Å². The van der Waals surface area contributed by atoms with Crippen LogP contribution >= 0.6 is 0 Å². The molecular formula is C37H46N4. The first kappa shape index (κ1) is 28.9. The van der Waals surface area contributed by atoms with Crippen LogP contribution < -0.4 is 5.32 Å². The predicted molar refractivity (Wildman–Crippen MR) is 177 cm³/mol. The zero-order valence-electron chi connectivity index (χ0n) is 25.6. The molecule has 1 N–H and O–H groups in total. The molecule has 0 aliphatic carbocycles. The summed E-state index contributed by atoms with van der Waals surface area (Å²) in [5, 5.41) is 12.5. The minimum absolute atomic E-state index is 0.165. The molecule has 0 fully saturated rings. The molecular weight excluding hydrogens is 500 g/mol. The van der Waals surface area contributed by atoms with Gasteiger partial charge in [0.1, 0.15) is 0 Å². The SMILES string of the molecule is C=Cc1c(CCCCc2cccc3ccccc23)c2cccc(-c3c(C(C)NC)nn(C)c3CC)c2n1CCCC. The van der Waals surface area contributed by atoms with E-state index in [2.05, 4.69) is 116 Å². The van der Waals surface area contributed by atoms with Crippen LogP contribution in [0.1, 0.15) is 80.7 Å². The lowest BCUT2D eigenvalue weighted by Crippen LogP contribution is -2.14. The van der Waals surface area contributed by atoms with Crippen LogP contribution in [-0.4, -0.2) is 21.4 Å². The maximum absolute atomic E-state index is 5.01. The number of nitrogens with one attached hydrogen (secondary N) is 1. The molecule has 4 nitrogen and oxygen atoms in total. The Balaban J connectivity index is 1.55. The predicted octanol–water partition coefficient (Wildman–Crippen LogP) is 9.05. The highest BCUT2D eigenvalue weighted by Crippen LogP contribution is 2.40. The first-order valence-corrected chi connectivity index (χ1v) is 15.5. The standard InChI is InChI=1S/C37H46N4/c1-7-10-25-41-33(8-2)30(22-14-12-18-28-20-15-19-27-17-11-13-21-29(27)28)31-23-16-24-32(37(31)41)35-34(9-3)40(6)39-36(35)26(4)38-5/h8,11,13,15-17,19-21,23-24,26,38H,2,7,9-10,12,14,18,22,25H2,1,3-6H3.